The van der Waals surface area contributed by atoms with Crippen molar-refractivity contribution >= 4 is 63.3 Å². The summed E-state index contributed by atoms with van der Waals surface area (Å²) in [4.78, 5) is 72.0. The molecule has 2 atom stereocenters. The Kier molecular flexibility index (Phi) is 22.7. The fourth-order valence-electron chi connectivity index (χ4n) is 5.87. The Morgan fingerprint density at radius 1 is 0.647 bits per heavy atom. The minimum absolute atomic E-state index is 0.00341. The van der Waals surface area contributed by atoms with E-state index in [2.05, 4.69) is 37.2 Å². The van der Waals surface area contributed by atoms with Crippen LogP contribution in [0.3, 0.4) is 0 Å². The molecule has 0 unspecified atom stereocenters. The normalized spacial score (nSPS) is 16.2. The second-order valence-electron chi connectivity index (χ2n) is 15.4. The number of halogens is 1. The van der Waals surface area contributed by atoms with Gasteiger partial charge in [-0.25, -0.2) is 9.59 Å². The van der Waals surface area contributed by atoms with E-state index >= 15 is 0 Å². The van der Waals surface area contributed by atoms with Crippen molar-refractivity contribution in [3.63, 3.8) is 0 Å². The third-order valence-corrected chi connectivity index (χ3v) is 9.58. The van der Waals surface area contributed by atoms with Crippen molar-refractivity contribution in [1.82, 2.24) is 21.3 Å². The van der Waals surface area contributed by atoms with E-state index in [1.165, 1.54) is 11.8 Å². The van der Waals surface area contributed by atoms with Crippen LogP contribution in [0.4, 0.5) is 9.59 Å². The second-order valence-corrected chi connectivity index (χ2v) is 16.9. The van der Waals surface area contributed by atoms with Gasteiger partial charge in [0.25, 0.3) is 0 Å². The Labute approximate surface area is 318 Å². The van der Waals surface area contributed by atoms with Crippen molar-refractivity contribution in [3.8, 4) is 0 Å². The number of amides is 4. The Balaban J connectivity index is 0.000000510. The van der Waals surface area contributed by atoms with Gasteiger partial charge in [-0.3, -0.25) is 19.2 Å². The van der Waals surface area contributed by atoms with Gasteiger partial charge in [-0.05, 0) is 112 Å². The standard InChI is InChI=1S/C19H34N2O4S.C18H31BrN2O4/c1-19(2,3)25-18(24)20-12-8-7-11-15(16(22)13-26-4)21-17(23)14-9-5-6-10-14;1-18(2,3)25-17(24)20-11-7-6-10-14(15(22)12-19)21-16(23)13-8-4-5-9-13/h14-15H,5-13H2,1-4H3,(H,20,24)(H,21,23);13-14H,4-12H2,1-3H3,(H,20,24)(H,21,23)/t15-;14-/m00/s1. The largest absolute Gasteiger partial charge is 0.444 e. The molecule has 294 valence electrons. The van der Waals surface area contributed by atoms with E-state index in [4.69, 9.17) is 9.47 Å². The number of ketones is 2. The van der Waals surface area contributed by atoms with Crippen LogP contribution in [-0.2, 0) is 28.7 Å². The highest BCUT2D eigenvalue weighted by molar-refractivity contribution is 9.09. The summed E-state index contributed by atoms with van der Waals surface area (Å²) in [6, 6.07) is -0.869. The van der Waals surface area contributed by atoms with Gasteiger partial charge in [0.2, 0.25) is 11.8 Å². The molecule has 2 aliphatic rings. The van der Waals surface area contributed by atoms with Gasteiger partial charge < -0.3 is 30.7 Å². The summed E-state index contributed by atoms with van der Waals surface area (Å²) in [6.07, 6.45) is 13.2. The number of hydrogen-bond donors (Lipinski definition) is 4. The van der Waals surface area contributed by atoms with E-state index in [-0.39, 0.29) is 40.5 Å². The van der Waals surface area contributed by atoms with Crippen LogP contribution in [0.1, 0.15) is 131 Å². The number of nitrogens with one attached hydrogen (secondary N) is 4. The average molecular weight is 806 g/mol. The minimum atomic E-state index is -0.512. The first-order valence-corrected chi connectivity index (χ1v) is 21.1. The van der Waals surface area contributed by atoms with Crippen LogP contribution in [0.15, 0.2) is 0 Å². The number of hydrogen-bond acceptors (Lipinski definition) is 9. The van der Waals surface area contributed by atoms with Crippen molar-refractivity contribution in [3.05, 3.63) is 0 Å². The molecule has 0 saturated heterocycles. The molecule has 2 saturated carbocycles. The summed E-state index contributed by atoms with van der Waals surface area (Å²) in [5.41, 5.74) is -1.02. The van der Waals surface area contributed by atoms with Crippen LogP contribution in [0.25, 0.3) is 0 Å². The summed E-state index contributed by atoms with van der Waals surface area (Å²) in [6.45, 7) is 11.9. The van der Waals surface area contributed by atoms with Crippen molar-refractivity contribution in [2.45, 2.75) is 155 Å². The molecule has 12 nitrogen and oxygen atoms in total. The van der Waals surface area contributed by atoms with Crippen LogP contribution in [0.2, 0.25) is 0 Å². The number of thioether (sulfide) groups is 1. The number of carbonyl (C=O) groups excluding carboxylic acids is 6. The Morgan fingerprint density at radius 2 is 1.02 bits per heavy atom. The van der Waals surface area contributed by atoms with E-state index in [9.17, 15) is 28.8 Å². The Bertz CT molecular complexity index is 1100. The molecule has 0 aromatic carbocycles. The predicted octanol–water partition coefficient (Wildman–Crippen LogP) is 6.61. The van der Waals surface area contributed by atoms with Crippen LogP contribution >= 0.6 is 27.7 Å². The highest BCUT2D eigenvalue weighted by Crippen LogP contribution is 2.26. The molecular weight excluding hydrogens is 740 g/mol. The van der Waals surface area contributed by atoms with Crippen molar-refractivity contribution < 1.29 is 38.2 Å². The molecule has 0 aliphatic heterocycles. The minimum Gasteiger partial charge on any atom is -0.444 e. The zero-order chi connectivity index (χ0) is 38.5. The summed E-state index contributed by atoms with van der Waals surface area (Å²) in [7, 11) is 0. The molecule has 2 aliphatic carbocycles. The monoisotopic (exact) mass is 804 g/mol. The van der Waals surface area contributed by atoms with Gasteiger partial charge in [0.15, 0.2) is 11.6 Å². The molecule has 51 heavy (non-hydrogen) atoms. The van der Waals surface area contributed by atoms with Crippen LogP contribution in [0, 0.1) is 11.8 Å². The number of carbonyl (C=O) groups is 6. The van der Waals surface area contributed by atoms with Crippen molar-refractivity contribution in [1.29, 1.82) is 0 Å². The predicted molar refractivity (Wildman–Crippen MR) is 206 cm³/mol. The molecule has 4 N–H and O–H groups in total. The third-order valence-electron chi connectivity index (χ3n) is 8.46. The molecule has 0 bridgehead atoms. The van der Waals surface area contributed by atoms with E-state index in [1.54, 1.807) is 0 Å². The Morgan fingerprint density at radius 3 is 1.35 bits per heavy atom. The molecule has 0 radical (unpaired) electrons. The Hall–Kier alpha value is -2.35. The zero-order valence-electron chi connectivity index (χ0n) is 32.1. The van der Waals surface area contributed by atoms with Gasteiger partial charge in [-0.1, -0.05) is 41.6 Å². The molecule has 2 fully saturated rings. The second kappa shape index (κ2) is 24.8. The molecule has 0 aromatic heterocycles. The number of unbranched alkanes of at least 4 members (excludes halogenated alkanes) is 2. The van der Waals surface area contributed by atoms with E-state index < -0.39 is 35.5 Å². The SMILES string of the molecule is CC(C)(C)OC(=O)NCCCC[C@H](NC(=O)C1CCCC1)C(=O)CBr.CSCC(=O)[C@H](CCCCNC(=O)OC(C)(C)C)NC(=O)C1CCCC1. The maximum Gasteiger partial charge on any atom is 0.407 e. The van der Waals surface area contributed by atoms with Crippen molar-refractivity contribution in [2.75, 3.05) is 30.4 Å². The molecule has 0 aromatic rings. The molecule has 14 heteroatoms. The molecule has 2 rings (SSSR count). The summed E-state index contributed by atoms with van der Waals surface area (Å²) in [5, 5.41) is 11.5. The smallest absolute Gasteiger partial charge is 0.407 e. The molecular formula is C37H65BrN4O8S. The van der Waals surface area contributed by atoms with Crippen molar-refractivity contribution in [2.24, 2.45) is 11.8 Å². The first-order chi connectivity index (χ1) is 24.0. The maximum atomic E-state index is 12.3. The van der Waals surface area contributed by atoms with E-state index in [0.29, 0.717) is 31.7 Å². The van der Waals surface area contributed by atoms with E-state index in [1.807, 2.05) is 47.8 Å². The fourth-order valence-corrected chi connectivity index (χ4v) is 6.75. The number of ether oxygens (including phenoxy) is 2. The summed E-state index contributed by atoms with van der Waals surface area (Å²) in [5.74, 6) is 0.618. The molecule has 0 spiro atoms. The zero-order valence-corrected chi connectivity index (χ0v) is 34.5. The quantitative estimate of drug-likeness (QED) is 0.0830. The third kappa shape index (κ3) is 22.4. The van der Waals surface area contributed by atoms with E-state index in [0.717, 1.165) is 77.0 Å². The maximum absolute atomic E-state index is 12.3. The highest BCUT2D eigenvalue weighted by Gasteiger charge is 2.28. The number of alkyl carbamates (subject to hydrolysis) is 2. The lowest BCUT2D eigenvalue weighted by atomic mass is 10.0. The first kappa shape index (κ1) is 46.7. The topological polar surface area (TPSA) is 169 Å². The number of alkyl halides is 1. The molecule has 4 amide bonds. The van der Waals surface area contributed by atoms with Gasteiger partial charge >= 0.3 is 12.2 Å². The van der Waals surface area contributed by atoms with Gasteiger partial charge in [-0.2, -0.15) is 11.8 Å². The van der Waals surface area contributed by atoms with Gasteiger partial charge in [0, 0.05) is 24.9 Å². The lowest BCUT2D eigenvalue weighted by Crippen LogP contribution is -2.44. The number of Topliss-reactive ketones (excluding diaryl/α,β-unsaturated/α-hetero) is 2. The van der Waals surface area contributed by atoms with Gasteiger partial charge in [-0.15, -0.1) is 0 Å². The number of rotatable bonds is 19. The van der Waals surface area contributed by atoms with Crippen LogP contribution in [0.5, 0.6) is 0 Å². The first-order valence-electron chi connectivity index (χ1n) is 18.6. The lowest BCUT2D eigenvalue weighted by Gasteiger charge is -2.20. The van der Waals surface area contributed by atoms with Gasteiger partial charge in [0.05, 0.1) is 23.2 Å². The van der Waals surface area contributed by atoms with Gasteiger partial charge in [0.1, 0.15) is 11.2 Å². The lowest BCUT2D eigenvalue weighted by molar-refractivity contribution is -0.129. The highest BCUT2D eigenvalue weighted by atomic mass is 79.9. The van der Waals surface area contributed by atoms with Crippen LogP contribution in [-0.4, -0.2) is 89.3 Å². The fraction of sp³-hybridized carbons (Fsp3) is 0.838. The summed E-state index contributed by atoms with van der Waals surface area (Å²) >= 11 is 4.66. The summed E-state index contributed by atoms with van der Waals surface area (Å²) < 4.78 is 10.3. The van der Waals surface area contributed by atoms with Crippen LogP contribution < -0.4 is 21.3 Å². The molecule has 0 heterocycles. The average Bonchev–Trinajstić information content (AvgIpc) is 3.77.